The fourth-order valence-corrected chi connectivity index (χ4v) is 6.73. The van der Waals surface area contributed by atoms with Gasteiger partial charge in [-0.1, -0.05) is 62.9 Å². The molecule has 5 rings (SSSR count). The first-order valence-electron chi connectivity index (χ1n) is 15.7. The smallest absolute Gasteiger partial charge is 0.337 e. The van der Waals surface area contributed by atoms with Gasteiger partial charge >= 0.3 is 5.97 Å². The standard InChI is InChI=1S/C36H45N5O3S/c1-8-9-10-11-14-25-15-12-13-16-26(25)21-27-23-37-32(45-27)28-22-29-38-24(2)30(31(34(42)43)44-35(3,4)5)33(41(29)39-28)40-19-17-36(6,7)18-20-40/h8-10,12-13,15-16,22-23,31H,1,11,14,17-21H2,2-7H3,(H,42,43). The molecule has 9 heteroatoms. The molecule has 1 unspecified atom stereocenters. The van der Waals surface area contributed by atoms with Gasteiger partial charge in [0.25, 0.3) is 0 Å². The Morgan fingerprint density at radius 2 is 1.91 bits per heavy atom. The highest BCUT2D eigenvalue weighted by Crippen LogP contribution is 2.39. The first kappa shape index (κ1) is 32.6. The molecule has 1 atom stereocenters. The Balaban J connectivity index is 1.53. The van der Waals surface area contributed by atoms with E-state index in [1.165, 1.54) is 11.1 Å². The normalized spacial score (nSPS) is 16.0. The first-order valence-corrected chi connectivity index (χ1v) is 16.5. The fourth-order valence-electron chi connectivity index (χ4n) is 5.84. The highest BCUT2D eigenvalue weighted by molar-refractivity contribution is 7.15. The molecule has 1 aromatic carbocycles. The number of ether oxygens (including phenoxy) is 1. The zero-order chi connectivity index (χ0) is 32.4. The molecule has 0 amide bonds. The number of thiazole rings is 1. The zero-order valence-electron chi connectivity index (χ0n) is 27.3. The number of aromatic nitrogens is 4. The molecule has 1 N–H and O–H groups in total. The van der Waals surface area contributed by atoms with Crippen molar-refractivity contribution in [3.63, 3.8) is 0 Å². The minimum absolute atomic E-state index is 0.222. The van der Waals surface area contributed by atoms with Crippen LogP contribution in [-0.2, 0) is 22.4 Å². The maximum atomic E-state index is 12.7. The Labute approximate surface area is 270 Å². The molecule has 0 saturated carbocycles. The number of carboxylic acid groups (broad SMARTS) is 1. The van der Waals surface area contributed by atoms with E-state index >= 15 is 0 Å². The van der Waals surface area contributed by atoms with E-state index in [-0.39, 0.29) is 5.41 Å². The lowest BCUT2D eigenvalue weighted by molar-refractivity contribution is -0.160. The molecular weight excluding hydrogens is 582 g/mol. The highest BCUT2D eigenvalue weighted by atomic mass is 32.1. The molecule has 4 heterocycles. The Morgan fingerprint density at radius 3 is 2.58 bits per heavy atom. The zero-order valence-corrected chi connectivity index (χ0v) is 28.2. The van der Waals surface area contributed by atoms with E-state index in [4.69, 9.17) is 19.8 Å². The monoisotopic (exact) mass is 627 g/mol. The van der Waals surface area contributed by atoms with Gasteiger partial charge in [0, 0.05) is 42.3 Å². The van der Waals surface area contributed by atoms with E-state index in [1.54, 1.807) is 11.3 Å². The molecule has 8 nitrogen and oxygen atoms in total. The Hall–Kier alpha value is -3.82. The lowest BCUT2D eigenvalue weighted by Crippen LogP contribution is -2.40. The van der Waals surface area contributed by atoms with Crippen molar-refractivity contribution >= 4 is 28.8 Å². The number of carbonyl (C=O) groups is 1. The maximum Gasteiger partial charge on any atom is 0.337 e. The fraction of sp³-hybridized carbons (Fsp3) is 0.444. The van der Waals surface area contributed by atoms with Crippen LogP contribution in [-0.4, -0.2) is 49.3 Å². The molecular formula is C36H45N5O3S. The summed E-state index contributed by atoms with van der Waals surface area (Å²) in [6.45, 7) is 17.4. The number of hydrogen-bond donors (Lipinski definition) is 1. The number of piperidine rings is 1. The predicted molar refractivity (Wildman–Crippen MR) is 182 cm³/mol. The van der Waals surface area contributed by atoms with Crippen LogP contribution in [0.25, 0.3) is 16.3 Å². The number of hydrogen-bond acceptors (Lipinski definition) is 7. The van der Waals surface area contributed by atoms with Crippen LogP contribution in [0.4, 0.5) is 5.82 Å². The van der Waals surface area contributed by atoms with Crippen molar-refractivity contribution in [3.8, 4) is 10.7 Å². The molecule has 3 aromatic heterocycles. The van der Waals surface area contributed by atoms with Crippen LogP contribution in [0.1, 0.15) is 87.2 Å². The number of allylic oxidation sites excluding steroid dienone is 3. The van der Waals surface area contributed by atoms with Crippen LogP contribution in [0.5, 0.6) is 0 Å². The van der Waals surface area contributed by atoms with Gasteiger partial charge in [-0.15, -0.1) is 11.3 Å². The second-order valence-electron chi connectivity index (χ2n) is 13.6. The van der Waals surface area contributed by atoms with Gasteiger partial charge in [-0.05, 0) is 69.9 Å². The van der Waals surface area contributed by atoms with Gasteiger partial charge in [0.1, 0.15) is 16.5 Å². The number of rotatable bonds is 11. The number of carboxylic acids is 1. The van der Waals surface area contributed by atoms with Crippen molar-refractivity contribution in [1.29, 1.82) is 0 Å². The van der Waals surface area contributed by atoms with Gasteiger partial charge in [0.05, 0.1) is 11.2 Å². The van der Waals surface area contributed by atoms with Gasteiger partial charge < -0.3 is 14.7 Å². The molecule has 0 spiro atoms. The molecule has 0 radical (unpaired) electrons. The van der Waals surface area contributed by atoms with Gasteiger partial charge in [-0.2, -0.15) is 9.61 Å². The minimum atomic E-state index is -1.18. The summed E-state index contributed by atoms with van der Waals surface area (Å²) in [7, 11) is 0. The van der Waals surface area contributed by atoms with Crippen molar-refractivity contribution in [2.75, 3.05) is 18.0 Å². The van der Waals surface area contributed by atoms with Gasteiger partial charge in [0.15, 0.2) is 11.8 Å². The largest absolute Gasteiger partial charge is 0.479 e. The number of anilines is 1. The first-order chi connectivity index (χ1) is 21.3. The Kier molecular flexibility index (Phi) is 9.60. The summed E-state index contributed by atoms with van der Waals surface area (Å²) >= 11 is 1.63. The molecule has 1 saturated heterocycles. The van der Waals surface area contributed by atoms with E-state index in [0.29, 0.717) is 16.9 Å². The van der Waals surface area contributed by atoms with E-state index in [0.717, 1.165) is 66.6 Å². The van der Waals surface area contributed by atoms with E-state index in [1.807, 2.05) is 56.6 Å². The summed E-state index contributed by atoms with van der Waals surface area (Å²) in [5.74, 6) is -0.297. The molecule has 1 aliphatic heterocycles. The molecule has 238 valence electrons. The number of benzene rings is 1. The lowest BCUT2D eigenvalue weighted by atomic mass is 9.82. The quantitative estimate of drug-likeness (QED) is 0.169. The van der Waals surface area contributed by atoms with Crippen LogP contribution in [0.15, 0.2) is 61.3 Å². The number of aryl methyl sites for hydroxylation is 2. The summed E-state index contributed by atoms with van der Waals surface area (Å²) in [6.07, 6.45) is 11.4. The third-order valence-electron chi connectivity index (χ3n) is 8.29. The van der Waals surface area contributed by atoms with E-state index < -0.39 is 17.7 Å². The molecule has 1 fully saturated rings. The molecule has 4 aromatic rings. The van der Waals surface area contributed by atoms with Crippen LogP contribution in [0.2, 0.25) is 0 Å². The Morgan fingerprint density at radius 1 is 1.20 bits per heavy atom. The Bertz CT molecular complexity index is 1700. The van der Waals surface area contributed by atoms with Crippen LogP contribution in [0, 0.1) is 12.3 Å². The van der Waals surface area contributed by atoms with Crippen LogP contribution < -0.4 is 4.90 Å². The van der Waals surface area contributed by atoms with Crippen molar-refractivity contribution in [2.45, 2.75) is 85.4 Å². The summed E-state index contributed by atoms with van der Waals surface area (Å²) in [6, 6.07) is 10.5. The molecule has 0 aliphatic carbocycles. The third-order valence-corrected chi connectivity index (χ3v) is 9.31. The summed E-state index contributed by atoms with van der Waals surface area (Å²) in [4.78, 5) is 25.7. The SMILES string of the molecule is C=CC=CCCc1ccccc1Cc1cnc(-c2cc3nc(C)c(C(OC(C)(C)C)C(=O)O)c(N4CCC(C)(C)CC4)n3n2)s1. The van der Waals surface area contributed by atoms with Gasteiger partial charge in [-0.3, -0.25) is 0 Å². The molecule has 45 heavy (non-hydrogen) atoms. The van der Waals surface area contributed by atoms with Gasteiger partial charge in [0.2, 0.25) is 0 Å². The van der Waals surface area contributed by atoms with Gasteiger partial charge in [-0.25, -0.2) is 14.8 Å². The number of nitrogens with zero attached hydrogens (tertiary/aromatic N) is 5. The van der Waals surface area contributed by atoms with Crippen molar-refractivity contribution in [3.05, 3.63) is 88.6 Å². The average molecular weight is 628 g/mol. The van der Waals surface area contributed by atoms with Crippen LogP contribution in [0.3, 0.4) is 0 Å². The van der Waals surface area contributed by atoms with E-state index in [2.05, 4.69) is 55.7 Å². The predicted octanol–water partition coefficient (Wildman–Crippen LogP) is 7.99. The lowest BCUT2D eigenvalue weighted by Gasteiger charge is -2.39. The van der Waals surface area contributed by atoms with Crippen molar-refractivity contribution < 1.29 is 14.6 Å². The third kappa shape index (κ3) is 7.71. The minimum Gasteiger partial charge on any atom is -0.479 e. The number of aliphatic carboxylic acids is 1. The van der Waals surface area contributed by atoms with Crippen molar-refractivity contribution in [2.24, 2.45) is 5.41 Å². The topological polar surface area (TPSA) is 92.8 Å². The second-order valence-corrected chi connectivity index (χ2v) is 14.7. The summed E-state index contributed by atoms with van der Waals surface area (Å²) < 4.78 is 7.97. The molecule has 0 bridgehead atoms. The second kappa shape index (κ2) is 13.3. The highest BCUT2D eigenvalue weighted by Gasteiger charge is 2.36. The molecule has 1 aliphatic rings. The average Bonchev–Trinajstić information content (AvgIpc) is 3.61. The number of fused-ring (bicyclic) bond motifs is 1. The van der Waals surface area contributed by atoms with Crippen molar-refractivity contribution in [1.82, 2.24) is 19.6 Å². The van der Waals surface area contributed by atoms with Crippen LogP contribution >= 0.6 is 11.3 Å². The summed E-state index contributed by atoms with van der Waals surface area (Å²) in [5.41, 5.74) is 4.76. The van der Waals surface area contributed by atoms with E-state index in [9.17, 15) is 9.90 Å². The summed E-state index contributed by atoms with van der Waals surface area (Å²) in [5, 5.41) is 16.2. The maximum absolute atomic E-state index is 12.7.